The largest absolute Gasteiger partial charge is 0.481 e. The molecule has 1 aromatic carbocycles. The third kappa shape index (κ3) is 6.32. The van der Waals surface area contributed by atoms with E-state index < -0.39 is 11.4 Å². The number of hydrogen-bond acceptors (Lipinski definition) is 3. The topological polar surface area (TPSA) is 78.4 Å². The third-order valence-corrected chi connectivity index (χ3v) is 4.17. The average Bonchev–Trinajstić information content (AvgIpc) is 2.46. The highest BCUT2D eigenvalue weighted by Gasteiger charge is 2.26. The fraction of sp³-hybridized carbons (Fsp3) is 0.579. The van der Waals surface area contributed by atoms with Crippen LogP contribution in [0, 0.1) is 5.41 Å². The van der Waals surface area contributed by atoms with Crippen LogP contribution in [0.5, 0.6) is 0 Å². The van der Waals surface area contributed by atoms with Crippen LogP contribution in [0.4, 0.5) is 5.69 Å². The molecule has 0 aromatic heterocycles. The smallest absolute Gasteiger partial charge is 0.309 e. The maximum atomic E-state index is 12.2. The molecule has 0 heterocycles. The number of nitrogens with one attached hydrogen (secondary N) is 2. The molecule has 0 aliphatic carbocycles. The van der Waals surface area contributed by atoms with E-state index in [9.17, 15) is 9.59 Å². The van der Waals surface area contributed by atoms with Gasteiger partial charge in [-0.1, -0.05) is 32.0 Å². The highest BCUT2D eigenvalue weighted by molar-refractivity contribution is 5.92. The number of amides is 1. The first-order chi connectivity index (χ1) is 11.1. The molecule has 1 amide bonds. The van der Waals surface area contributed by atoms with Gasteiger partial charge in [-0.2, -0.15) is 0 Å². The minimum atomic E-state index is -0.806. The van der Waals surface area contributed by atoms with Crippen molar-refractivity contribution in [2.75, 3.05) is 11.9 Å². The number of carbonyl (C=O) groups excluding carboxylic acids is 1. The van der Waals surface area contributed by atoms with Crippen LogP contribution < -0.4 is 10.6 Å². The molecule has 0 aliphatic rings. The summed E-state index contributed by atoms with van der Waals surface area (Å²) in [6, 6.07) is 7.81. The van der Waals surface area contributed by atoms with Crippen molar-refractivity contribution in [2.24, 2.45) is 5.41 Å². The van der Waals surface area contributed by atoms with Crippen LogP contribution in [-0.2, 0) is 9.59 Å². The van der Waals surface area contributed by atoms with E-state index in [0.717, 1.165) is 11.3 Å². The third-order valence-electron chi connectivity index (χ3n) is 4.17. The van der Waals surface area contributed by atoms with Gasteiger partial charge < -0.3 is 15.7 Å². The molecule has 5 heteroatoms. The Morgan fingerprint density at radius 3 is 2.38 bits per heavy atom. The number of carboxylic acid groups (broad SMARTS) is 1. The van der Waals surface area contributed by atoms with Gasteiger partial charge in [0.1, 0.15) is 0 Å². The fourth-order valence-corrected chi connectivity index (χ4v) is 2.40. The number of anilines is 1. The lowest BCUT2D eigenvalue weighted by Crippen LogP contribution is -2.35. The number of benzene rings is 1. The first-order valence-electron chi connectivity index (χ1n) is 8.49. The summed E-state index contributed by atoms with van der Waals surface area (Å²) in [5, 5.41) is 15.3. The number of carboxylic acids is 1. The quantitative estimate of drug-likeness (QED) is 0.644. The van der Waals surface area contributed by atoms with Gasteiger partial charge in [-0.05, 0) is 51.3 Å². The first kappa shape index (κ1) is 20.2. The Kier molecular flexibility index (Phi) is 7.42. The van der Waals surface area contributed by atoms with Crippen LogP contribution in [0.15, 0.2) is 24.3 Å². The summed E-state index contributed by atoms with van der Waals surface area (Å²) < 4.78 is 0. The van der Waals surface area contributed by atoms with Crippen LogP contribution in [0.1, 0.15) is 58.9 Å². The molecule has 0 saturated heterocycles. The molecule has 0 saturated carbocycles. The van der Waals surface area contributed by atoms with Crippen LogP contribution in [0.2, 0.25) is 0 Å². The summed E-state index contributed by atoms with van der Waals surface area (Å²) in [5.74, 6) is -0.504. The molecular weight excluding hydrogens is 304 g/mol. The van der Waals surface area contributed by atoms with Crippen molar-refractivity contribution in [1.82, 2.24) is 5.32 Å². The van der Waals surface area contributed by atoms with Crippen LogP contribution in [-0.4, -0.2) is 29.6 Å². The molecule has 0 bridgehead atoms. The maximum Gasteiger partial charge on any atom is 0.309 e. The Hall–Kier alpha value is -1.88. The van der Waals surface area contributed by atoms with E-state index in [1.54, 1.807) is 13.8 Å². The first-order valence-corrected chi connectivity index (χ1v) is 8.49. The second-order valence-corrected chi connectivity index (χ2v) is 7.29. The molecule has 1 rings (SSSR count). The molecule has 0 spiro atoms. The molecule has 3 N–H and O–H groups in total. The lowest BCUT2D eigenvalue weighted by Gasteiger charge is -2.21. The van der Waals surface area contributed by atoms with Gasteiger partial charge in [-0.25, -0.2) is 0 Å². The molecule has 1 unspecified atom stereocenters. The summed E-state index contributed by atoms with van der Waals surface area (Å²) in [6.07, 6.45) is 0.865. The van der Waals surface area contributed by atoms with Crippen LogP contribution in [0.25, 0.3) is 0 Å². The van der Waals surface area contributed by atoms with E-state index in [0.29, 0.717) is 25.3 Å². The zero-order chi connectivity index (χ0) is 18.3. The van der Waals surface area contributed by atoms with E-state index in [-0.39, 0.29) is 11.9 Å². The number of aliphatic carboxylic acids is 1. The normalized spacial score (nSPS) is 12.9. The van der Waals surface area contributed by atoms with Gasteiger partial charge in [-0.3, -0.25) is 9.59 Å². The molecule has 5 nitrogen and oxygen atoms in total. The second kappa shape index (κ2) is 8.83. The molecule has 0 aliphatic heterocycles. The van der Waals surface area contributed by atoms with Crippen molar-refractivity contribution >= 4 is 17.6 Å². The Bertz CT molecular complexity index is 567. The van der Waals surface area contributed by atoms with E-state index in [1.807, 2.05) is 31.2 Å². The number of carbonyl (C=O) groups is 2. The molecular formula is C19H30N2O3. The van der Waals surface area contributed by atoms with E-state index >= 15 is 0 Å². The van der Waals surface area contributed by atoms with Crippen molar-refractivity contribution in [2.45, 2.75) is 59.4 Å². The van der Waals surface area contributed by atoms with Crippen molar-refractivity contribution in [3.05, 3.63) is 29.8 Å². The van der Waals surface area contributed by atoms with Gasteiger partial charge in [0.15, 0.2) is 0 Å². The predicted octanol–water partition coefficient (Wildman–Crippen LogP) is 3.62. The van der Waals surface area contributed by atoms with E-state index in [2.05, 4.69) is 24.5 Å². The summed E-state index contributed by atoms with van der Waals surface area (Å²) in [6.45, 7) is 10.1. The van der Waals surface area contributed by atoms with Crippen LogP contribution >= 0.6 is 0 Å². The van der Waals surface area contributed by atoms with Crippen molar-refractivity contribution in [1.29, 1.82) is 0 Å². The zero-order valence-electron chi connectivity index (χ0n) is 15.3. The molecule has 24 heavy (non-hydrogen) atoms. The maximum absolute atomic E-state index is 12.2. The minimum Gasteiger partial charge on any atom is -0.481 e. The average molecular weight is 334 g/mol. The van der Waals surface area contributed by atoms with Crippen molar-refractivity contribution < 1.29 is 14.7 Å². The molecule has 0 radical (unpaired) electrons. The SMILES string of the molecule is CC(CC(=O)Nc1ccccc1C(C)C)NCCC(C)(C)C(=O)O. The van der Waals surface area contributed by atoms with Gasteiger partial charge in [0.25, 0.3) is 0 Å². The van der Waals surface area contributed by atoms with Gasteiger partial charge in [0.2, 0.25) is 5.91 Å². The van der Waals surface area contributed by atoms with Crippen LogP contribution in [0.3, 0.4) is 0 Å². The lowest BCUT2D eigenvalue weighted by molar-refractivity contribution is -0.147. The minimum absolute atomic E-state index is 0.0131. The van der Waals surface area contributed by atoms with E-state index in [4.69, 9.17) is 5.11 Å². The van der Waals surface area contributed by atoms with Crippen molar-refractivity contribution in [3.63, 3.8) is 0 Å². The fourth-order valence-electron chi connectivity index (χ4n) is 2.40. The van der Waals surface area contributed by atoms with Gasteiger partial charge in [0, 0.05) is 18.2 Å². The summed E-state index contributed by atoms with van der Waals surface area (Å²) >= 11 is 0. The molecule has 1 aromatic rings. The van der Waals surface area contributed by atoms with Gasteiger partial charge in [0.05, 0.1) is 5.41 Å². The standard InChI is InChI=1S/C19H30N2O3/c1-13(2)15-8-6-7-9-16(15)21-17(22)12-14(3)20-11-10-19(4,5)18(23)24/h6-9,13-14,20H,10-12H2,1-5H3,(H,21,22)(H,23,24). The summed E-state index contributed by atoms with van der Waals surface area (Å²) in [5.41, 5.74) is 1.22. The van der Waals surface area contributed by atoms with Gasteiger partial charge >= 0.3 is 5.97 Å². The highest BCUT2D eigenvalue weighted by atomic mass is 16.4. The summed E-state index contributed by atoms with van der Waals surface area (Å²) in [7, 11) is 0. The van der Waals surface area contributed by atoms with Gasteiger partial charge in [-0.15, -0.1) is 0 Å². The number of hydrogen-bond donors (Lipinski definition) is 3. The Labute approximate surface area is 144 Å². The highest BCUT2D eigenvalue weighted by Crippen LogP contribution is 2.24. The molecule has 0 fully saturated rings. The summed E-state index contributed by atoms with van der Waals surface area (Å²) in [4.78, 5) is 23.3. The van der Waals surface area contributed by atoms with E-state index in [1.165, 1.54) is 0 Å². The predicted molar refractivity (Wildman–Crippen MR) is 97.3 cm³/mol. The Balaban J connectivity index is 2.47. The Morgan fingerprint density at radius 1 is 1.17 bits per heavy atom. The molecule has 1 atom stereocenters. The number of para-hydroxylation sites is 1. The Morgan fingerprint density at radius 2 is 1.79 bits per heavy atom. The monoisotopic (exact) mass is 334 g/mol. The molecule has 134 valence electrons. The zero-order valence-corrected chi connectivity index (χ0v) is 15.3. The second-order valence-electron chi connectivity index (χ2n) is 7.29. The lowest BCUT2D eigenvalue weighted by atomic mass is 9.89. The number of rotatable bonds is 9. The van der Waals surface area contributed by atoms with Crippen molar-refractivity contribution in [3.8, 4) is 0 Å².